The summed E-state index contributed by atoms with van der Waals surface area (Å²) >= 11 is 1.76. The summed E-state index contributed by atoms with van der Waals surface area (Å²) in [4.78, 5) is 19.3. The number of halogens is 1. The fourth-order valence-corrected chi connectivity index (χ4v) is 4.14. The molecular weight excluding hydrogens is 394 g/mol. The number of rotatable bonds is 6. The molecule has 1 N–H and O–H groups in total. The standard InChI is InChI=1S/C21H23N3O2S.ClH/c1-24-17(14-27-21(24)23-16-7-8-16)13-20(25)22-15-9-11-19(12-10-15)26-18-5-3-2-4-6-18;/h2-6,9-12,16-17H,7-8,13-14H2,1H3,(H,22,25);1H. The van der Waals surface area contributed by atoms with Crippen molar-refractivity contribution in [2.75, 3.05) is 18.1 Å². The maximum absolute atomic E-state index is 12.4. The number of ether oxygens (including phenoxy) is 1. The number of hydrogen-bond acceptors (Lipinski definition) is 4. The summed E-state index contributed by atoms with van der Waals surface area (Å²) in [7, 11) is 2.04. The largest absolute Gasteiger partial charge is 0.457 e. The van der Waals surface area contributed by atoms with Gasteiger partial charge in [0, 0.05) is 31.0 Å². The van der Waals surface area contributed by atoms with Crippen molar-refractivity contribution in [2.24, 2.45) is 4.99 Å². The third kappa shape index (κ3) is 5.42. The number of amidine groups is 1. The highest BCUT2D eigenvalue weighted by Gasteiger charge is 2.31. The molecule has 0 bridgehead atoms. The Morgan fingerprint density at radius 1 is 1.14 bits per heavy atom. The van der Waals surface area contributed by atoms with Crippen LogP contribution in [0.25, 0.3) is 0 Å². The molecule has 2 aliphatic rings. The number of amides is 1. The predicted octanol–water partition coefficient (Wildman–Crippen LogP) is 4.79. The lowest BCUT2D eigenvalue weighted by Crippen LogP contribution is -2.33. The molecule has 1 aliphatic heterocycles. The summed E-state index contributed by atoms with van der Waals surface area (Å²) in [5.41, 5.74) is 0.778. The van der Waals surface area contributed by atoms with Gasteiger partial charge in [-0.3, -0.25) is 9.79 Å². The number of nitrogens with one attached hydrogen (secondary N) is 1. The van der Waals surface area contributed by atoms with Crippen LogP contribution in [0.1, 0.15) is 19.3 Å². The van der Waals surface area contributed by atoms with E-state index in [1.54, 1.807) is 11.8 Å². The lowest BCUT2D eigenvalue weighted by atomic mass is 10.2. The maximum Gasteiger partial charge on any atom is 0.226 e. The van der Waals surface area contributed by atoms with Gasteiger partial charge in [-0.05, 0) is 49.2 Å². The van der Waals surface area contributed by atoms with E-state index >= 15 is 0 Å². The minimum absolute atomic E-state index is 0. The Kier molecular flexibility index (Phi) is 6.86. The van der Waals surface area contributed by atoms with Crippen molar-refractivity contribution in [3.05, 3.63) is 54.6 Å². The number of thioether (sulfide) groups is 1. The van der Waals surface area contributed by atoms with Crippen molar-refractivity contribution in [3.8, 4) is 11.5 Å². The molecule has 5 nitrogen and oxygen atoms in total. The minimum Gasteiger partial charge on any atom is -0.457 e. The molecule has 148 valence electrons. The van der Waals surface area contributed by atoms with Crippen molar-refractivity contribution in [1.29, 1.82) is 0 Å². The highest BCUT2D eigenvalue weighted by molar-refractivity contribution is 8.14. The zero-order chi connectivity index (χ0) is 18.6. The molecule has 4 rings (SSSR count). The molecule has 1 amide bonds. The normalized spacial score (nSPS) is 20.0. The van der Waals surface area contributed by atoms with Gasteiger partial charge in [0.25, 0.3) is 0 Å². The molecule has 7 heteroatoms. The van der Waals surface area contributed by atoms with E-state index in [-0.39, 0.29) is 24.4 Å². The Labute approximate surface area is 176 Å². The van der Waals surface area contributed by atoms with Crippen LogP contribution in [0.15, 0.2) is 59.6 Å². The first-order chi connectivity index (χ1) is 13.2. The van der Waals surface area contributed by atoms with Crippen LogP contribution < -0.4 is 10.1 Å². The number of benzene rings is 2. The summed E-state index contributed by atoms with van der Waals surface area (Å²) in [5, 5.41) is 4.06. The molecular formula is C21H24ClN3O2S. The van der Waals surface area contributed by atoms with E-state index in [2.05, 4.69) is 10.2 Å². The quantitative estimate of drug-likeness (QED) is 0.733. The van der Waals surface area contributed by atoms with Crippen molar-refractivity contribution >= 4 is 40.9 Å². The molecule has 2 fully saturated rings. The molecule has 2 aromatic carbocycles. The molecule has 1 heterocycles. The van der Waals surface area contributed by atoms with Crippen LogP contribution in [-0.2, 0) is 4.79 Å². The van der Waals surface area contributed by atoms with Crippen LogP contribution in [0, 0.1) is 0 Å². The van der Waals surface area contributed by atoms with Crippen LogP contribution in [-0.4, -0.2) is 40.9 Å². The Bertz CT molecular complexity index is 825. The zero-order valence-electron chi connectivity index (χ0n) is 15.7. The molecule has 0 spiro atoms. The van der Waals surface area contributed by atoms with E-state index in [4.69, 9.17) is 9.73 Å². The van der Waals surface area contributed by atoms with Gasteiger partial charge in [-0.2, -0.15) is 0 Å². The molecule has 2 aromatic rings. The van der Waals surface area contributed by atoms with Gasteiger partial charge in [0.1, 0.15) is 11.5 Å². The van der Waals surface area contributed by atoms with E-state index in [0.717, 1.165) is 28.1 Å². The summed E-state index contributed by atoms with van der Waals surface area (Å²) in [6.07, 6.45) is 2.87. The molecule has 1 aliphatic carbocycles. The number of nitrogens with zero attached hydrogens (tertiary/aromatic N) is 2. The van der Waals surface area contributed by atoms with Crippen LogP contribution in [0.4, 0.5) is 5.69 Å². The Morgan fingerprint density at radius 2 is 1.82 bits per heavy atom. The average Bonchev–Trinajstić information content (AvgIpc) is 3.44. The second-order valence-corrected chi connectivity index (χ2v) is 7.90. The summed E-state index contributed by atoms with van der Waals surface area (Å²) in [6.45, 7) is 0. The lowest BCUT2D eigenvalue weighted by Gasteiger charge is -2.20. The van der Waals surface area contributed by atoms with Crippen LogP contribution in [0.2, 0.25) is 0 Å². The van der Waals surface area contributed by atoms with E-state index in [9.17, 15) is 4.79 Å². The van der Waals surface area contributed by atoms with Gasteiger partial charge < -0.3 is 15.0 Å². The highest BCUT2D eigenvalue weighted by Crippen LogP contribution is 2.30. The number of hydrogen-bond donors (Lipinski definition) is 1. The van der Waals surface area contributed by atoms with Gasteiger partial charge in [-0.25, -0.2) is 0 Å². The smallest absolute Gasteiger partial charge is 0.226 e. The SMILES string of the molecule is CN1C(=NC2CC2)SCC1CC(=O)Nc1ccc(Oc2ccccc2)cc1.Cl. The number of carbonyl (C=O) groups is 1. The Morgan fingerprint density at radius 3 is 2.50 bits per heavy atom. The number of anilines is 1. The number of carbonyl (C=O) groups excluding carboxylic acids is 1. The van der Waals surface area contributed by atoms with Gasteiger partial charge in [-0.15, -0.1) is 12.4 Å². The van der Waals surface area contributed by atoms with Crippen molar-refractivity contribution in [3.63, 3.8) is 0 Å². The fourth-order valence-electron chi connectivity index (χ4n) is 2.88. The molecule has 1 saturated carbocycles. The Hall–Kier alpha value is -2.18. The van der Waals surface area contributed by atoms with Crippen molar-refractivity contribution < 1.29 is 9.53 Å². The van der Waals surface area contributed by atoms with Gasteiger partial charge in [0.15, 0.2) is 5.17 Å². The molecule has 1 saturated heterocycles. The van der Waals surface area contributed by atoms with E-state index in [0.29, 0.717) is 12.5 Å². The fraction of sp³-hybridized carbons (Fsp3) is 0.333. The van der Waals surface area contributed by atoms with Gasteiger partial charge in [0.2, 0.25) is 5.91 Å². The molecule has 28 heavy (non-hydrogen) atoms. The molecule has 0 aromatic heterocycles. The Balaban J connectivity index is 0.00000225. The second kappa shape index (κ2) is 9.34. The monoisotopic (exact) mass is 417 g/mol. The van der Waals surface area contributed by atoms with Gasteiger partial charge in [0.05, 0.1) is 6.04 Å². The third-order valence-electron chi connectivity index (χ3n) is 4.63. The van der Waals surface area contributed by atoms with E-state index in [1.807, 2.05) is 61.6 Å². The minimum atomic E-state index is 0. The summed E-state index contributed by atoms with van der Waals surface area (Å²) in [6, 6.07) is 17.8. The average molecular weight is 418 g/mol. The molecule has 1 unspecified atom stereocenters. The summed E-state index contributed by atoms with van der Waals surface area (Å²) in [5.74, 6) is 2.47. The molecule has 0 radical (unpaired) electrons. The number of para-hydroxylation sites is 1. The van der Waals surface area contributed by atoms with E-state index in [1.165, 1.54) is 12.8 Å². The van der Waals surface area contributed by atoms with Crippen LogP contribution in [0.5, 0.6) is 11.5 Å². The maximum atomic E-state index is 12.4. The number of aliphatic imine (C=N–C) groups is 1. The first-order valence-corrected chi connectivity index (χ1v) is 10.2. The first kappa shape index (κ1) is 20.6. The third-order valence-corrected chi connectivity index (χ3v) is 5.84. The molecule has 1 atom stereocenters. The first-order valence-electron chi connectivity index (χ1n) is 9.23. The van der Waals surface area contributed by atoms with Crippen LogP contribution >= 0.6 is 24.2 Å². The van der Waals surface area contributed by atoms with Crippen molar-refractivity contribution in [2.45, 2.75) is 31.3 Å². The van der Waals surface area contributed by atoms with Crippen LogP contribution in [0.3, 0.4) is 0 Å². The topological polar surface area (TPSA) is 53.9 Å². The van der Waals surface area contributed by atoms with Crippen molar-refractivity contribution in [1.82, 2.24) is 4.90 Å². The second-order valence-electron chi connectivity index (χ2n) is 6.91. The van der Waals surface area contributed by atoms with Gasteiger partial charge >= 0.3 is 0 Å². The predicted molar refractivity (Wildman–Crippen MR) is 118 cm³/mol. The van der Waals surface area contributed by atoms with Gasteiger partial charge in [-0.1, -0.05) is 30.0 Å². The summed E-state index contributed by atoms with van der Waals surface area (Å²) < 4.78 is 5.77. The highest BCUT2D eigenvalue weighted by atomic mass is 35.5. The van der Waals surface area contributed by atoms with E-state index < -0.39 is 0 Å². The zero-order valence-corrected chi connectivity index (χ0v) is 17.3. The lowest BCUT2D eigenvalue weighted by molar-refractivity contribution is -0.116.